The second-order valence-electron chi connectivity index (χ2n) is 5.56. The Labute approximate surface area is 122 Å². The van der Waals surface area contributed by atoms with Crippen molar-refractivity contribution in [2.75, 3.05) is 21.2 Å². The topological polar surface area (TPSA) is 32.8 Å². The predicted molar refractivity (Wildman–Crippen MR) is 80.9 cm³/mol. The highest BCUT2D eigenvalue weighted by Crippen LogP contribution is 2.15. The molecular weight excluding hydrogens is 252 g/mol. The van der Waals surface area contributed by atoms with Gasteiger partial charge in [0, 0.05) is 13.6 Å². The van der Waals surface area contributed by atoms with E-state index in [-0.39, 0.29) is 11.9 Å². The molecule has 1 amide bonds. The number of hydroxylamine groups is 2. The number of likely N-dealkylation sites (N-methyl/N-ethyl adjacent to an activating group) is 2. The highest BCUT2D eigenvalue weighted by Gasteiger charge is 2.27. The maximum absolute atomic E-state index is 12.4. The summed E-state index contributed by atoms with van der Waals surface area (Å²) in [6.07, 6.45) is 0.815. The average Bonchev–Trinajstić information content (AvgIpc) is 2.43. The van der Waals surface area contributed by atoms with Crippen LogP contribution in [0.5, 0.6) is 0 Å². The van der Waals surface area contributed by atoms with Gasteiger partial charge in [0.2, 0.25) is 0 Å². The standard InChI is InChI=1S/C16H26N2O2/c1-13(2)11-15(16(19)18(4)20-5)17(3)12-14-9-7-6-8-10-14/h6-10,13,15H,11-12H2,1-5H3/t15-/m1/s1. The summed E-state index contributed by atoms with van der Waals surface area (Å²) in [7, 11) is 5.16. The first-order valence-corrected chi connectivity index (χ1v) is 7.01. The lowest BCUT2D eigenvalue weighted by Gasteiger charge is -2.30. The van der Waals surface area contributed by atoms with E-state index in [9.17, 15) is 4.79 Å². The zero-order chi connectivity index (χ0) is 15.1. The fourth-order valence-electron chi connectivity index (χ4n) is 2.20. The van der Waals surface area contributed by atoms with Crippen LogP contribution in [0, 0.1) is 5.92 Å². The zero-order valence-corrected chi connectivity index (χ0v) is 13.2. The molecule has 1 aromatic carbocycles. The Bertz CT molecular complexity index is 406. The summed E-state index contributed by atoms with van der Waals surface area (Å²) < 4.78 is 0. The van der Waals surface area contributed by atoms with E-state index in [1.165, 1.54) is 17.7 Å². The summed E-state index contributed by atoms with van der Waals surface area (Å²) in [5.41, 5.74) is 1.21. The number of amides is 1. The van der Waals surface area contributed by atoms with Gasteiger partial charge in [-0.15, -0.1) is 0 Å². The van der Waals surface area contributed by atoms with Crippen LogP contribution in [0.3, 0.4) is 0 Å². The zero-order valence-electron chi connectivity index (χ0n) is 13.2. The molecule has 0 aliphatic carbocycles. The Balaban J connectivity index is 2.79. The van der Waals surface area contributed by atoms with E-state index in [1.807, 2.05) is 25.2 Å². The number of nitrogens with zero attached hydrogens (tertiary/aromatic N) is 2. The fourth-order valence-corrected chi connectivity index (χ4v) is 2.20. The van der Waals surface area contributed by atoms with Crippen molar-refractivity contribution in [2.45, 2.75) is 32.9 Å². The third-order valence-electron chi connectivity index (χ3n) is 3.37. The van der Waals surface area contributed by atoms with Crippen molar-refractivity contribution in [3.8, 4) is 0 Å². The van der Waals surface area contributed by atoms with E-state index in [0.717, 1.165) is 13.0 Å². The molecule has 0 aliphatic heterocycles. The van der Waals surface area contributed by atoms with Crippen molar-refractivity contribution in [1.82, 2.24) is 9.96 Å². The maximum atomic E-state index is 12.4. The van der Waals surface area contributed by atoms with Crippen molar-refractivity contribution in [3.05, 3.63) is 35.9 Å². The van der Waals surface area contributed by atoms with E-state index in [2.05, 4.69) is 30.9 Å². The van der Waals surface area contributed by atoms with Crippen LogP contribution in [0.4, 0.5) is 0 Å². The van der Waals surface area contributed by atoms with Gasteiger partial charge in [0.05, 0.1) is 13.2 Å². The fraction of sp³-hybridized carbons (Fsp3) is 0.562. The second kappa shape index (κ2) is 8.02. The molecule has 0 spiro atoms. The number of rotatable bonds is 7. The van der Waals surface area contributed by atoms with E-state index in [1.54, 1.807) is 7.05 Å². The van der Waals surface area contributed by atoms with Crippen molar-refractivity contribution >= 4 is 5.91 Å². The summed E-state index contributed by atoms with van der Waals surface area (Å²) in [6.45, 7) is 5.01. The third-order valence-corrected chi connectivity index (χ3v) is 3.37. The minimum absolute atomic E-state index is 0.000342. The van der Waals surface area contributed by atoms with Gasteiger partial charge >= 0.3 is 0 Å². The summed E-state index contributed by atoms with van der Waals surface area (Å²) in [6, 6.07) is 10.0. The number of carbonyl (C=O) groups excluding carboxylic acids is 1. The molecule has 4 heteroatoms. The molecule has 0 unspecified atom stereocenters. The molecule has 0 bridgehead atoms. The molecule has 0 radical (unpaired) electrons. The maximum Gasteiger partial charge on any atom is 0.263 e. The smallest absolute Gasteiger partial charge is 0.263 e. The minimum Gasteiger partial charge on any atom is -0.291 e. The molecule has 112 valence electrons. The summed E-state index contributed by atoms with van der Waals surface area (Å²) in [5, 5.41) is 1.31. The first kappa shape index (κ1) is 16.7. The van der Waals surface area contributed by atoms with Crippen LogP contribution in [0.1, 0.15) is 25.8 Å². The molecule has 0 saturated carbocycles. The number of carbonyl (C=O) groups is 1. The van der Waals surface area contributed by atoms with Crippen LogP contribution in [-0.4, -0.2) is 43.1 Å². The Hall–Kier alpha value is -1.39. The molecule has 20 heavy (non-hydrogen) atoms. The molecule has 0 aliphatic rings. The van der Waals surface area contributed by atoms with Crippen molar-refractivity contribution < 1.29 is 9.63 Å². The van der Waals surface area contributed by atoms with E-state index in [0.29, 0.717) is 5.92 Å². The molecule has 0 saturated heterocycles. The van der Waals surface area contributed by atoms with Crippen LogP contribution in [0.25, 0.3) is 0 Å². The lowest BCUT2D eigenvalue weighted by molar-refractivity contribution is -0.175. The Morgan fingerprint density at radius 3 is 2.30 bits per heavy atom. The normalized spacial score (nSPS) is 12.8. The van der Waals surface area contributed by atoms with E-state index in [4.69, 9.17) is 4.84 Å². The van der Waals surface area contributed by atoms with Gasteiger partial charge < -0.3 is 0 Å². The van der Waals surface area contributed by atoms with Gasteiger partial charge in [-0.25, -0.2) is 5.06 Å². The number of hydrogen-bond donors (Lipinski definition) is 0. The van der Waals surface area contributed by atoms with Gasteiger partial charge in [0.15, 0.2) is 0 Å². The highest BCUT2D eigenvalue weighted by molar-refractivity contribution is 5.80. The van der Waals surface area contributed by atoms with Crippen molar-refractivity contribution in [1.29, 1.82) is 0 Å². The number of hydrogen-bond acceptors (Lipinski definition) is 3. The molecule has 1 atom stereocenters. The van der Waals surface area contributed by atoms with Crippen LogP contribution in [-0.2, 0) is 16.2 Å². The average molecular weight is 278 g/mol. The van der Waals surface area contributed by atoms with Crippen molar-refractivity contribution in [3.63, 3.8) is 0 Å². The van der Waals surface area contributed by atoms with Crippen LogP contribution < -0.4 is 0 Å². The Morgan fingerprint density at radius 1 is 1.20 bits per heavy atom. The van der Waals surface area contributed by atoms with Gasteiger partial charge in [-0.2, -0.15) is 0 Å². The molecule has 1 aromatic rings. The second-order valence-corrected chi connectivity index (χ2v) is 5.56. The molecule has 1 rings (SSSR count). The van der Waals surface area contributed by atoms with Gasteiger partial charge in [0.25, 0.3) is 5.91 Å². The Morgan fingerprint density at radius 2 is 1.80 bits per heavy atom. The van der Waals surface area contributed by atoms with Gasteiger partial charge in [-0.3, -0.25) is 14.5 Å². The highest BCUT2D eigenvalue weighted by atomic mass is 16.7. The van der Waals surface area contributed by atoms with E-state index < -0.39 is 0 Å². The lowest BCUT2D eigenvalue weighted by atomic mass is 10.0. The Kier molecular flexibility index (Phi) is 6.68. The van der Waals surface area contributed by atoms with Crippen molar-refractivity contribution in [2.24, 2.45) is 5.92 Å². The van der Waals surface area contributed by atoms with Gasteiger partial charge in [-0.05, 0) is 24.9 Å². The van der Waals surface area contributed by atoms with Gasteiger partial charge in [-0.1, -0.05) is 44.2 Å². The molecule has 4 nitrogen and oxygen atoms in total. The summed E-state index contributed by atoms with van der Waals surface area (Å²) in [5.74, 6) is 0.451. The largest absolute Gasteiger partial charge is 0.291 e. The molecule has 0 aromatic heterocycles. The van der Waals surface area contributed by atoms with Crippen LogP contribution >= 0.6 is 0 Å². The molecule has 0 N–H and O–H groups in total. The minimum atomic E-state index is -0.167. The lowest BCUT2D eigenvalue weighted by Crippen LogP contribution is -2.46. The SMILES string of the molecule is CON(C)C(=O)[C@@H](CC(C)C)N(C)Cc1ccccc1. The molecule has 0 fully saturated rings. The summed E-state index contributed by atoms with van der Waals surface area (Å²) >= 11 is 0. The third kappa shape index (κ3) is 4.94. The molecule has 0 heterocycles. The quantitative estimate of drug-likeness (QED) is 0.719. The first-order valence-electron chi connectivity index (χ1n) is 7.01. The first-order chi connectivity index (χ1) is 9.45. The van der Waals surface area contributed by atoms with Crippen LogP contribution in [0.2, 0.25) is 0 Å². The van der Waals surface area contributed by atoms with Crippen LogP contribution in [0.15, 0.2) is 30.3 Å². The predicted octanol–water partition coefficient (Wildman–Crippen LogP) is 2.55. The van der Waals surface area contributed by atoms with Gasteiger partial charge in [0.1, 0.15) is 0 Å². The number of benzene rings is 1. The monoisotopic (exact) mass is 278 g/mol. The summed E-state index contributed by atoms with van der Waals surface area (Å²) in [4.78, 5) is 19.5. The molecular formula is C16H26N2O2. The van der Waals surface area contributed by atoms with E-state index >= 15 is 0 Å².